The molecule has 6 rings (SSSR count). The Morgan fingerprint density at radius 1 is 1.05 bits per heavy atom. The molecule has 5 aromatic rings. The summed E-state index contributed by atoms with van der Waals surface area (Å²) in [7, 11) is 0. The number of nitrogens with zero attached hydrogens (tertiary/aromatic N) is 3. The lowest BCUT2D eigenvalue weighted by Crippen LogP contribution is -2.45. The van der Waals surface area contributed by atoms with Crippen molar-refractivity contribution in [2.45, 2.75) is 71.0 Å². The van der Waals surface area contributed by atoms with Crippen molar-refractivity contribution in [1.29, 1.82) is 0 Å². The highest BCUT2D eigenvalue weighted by Gasteiger charge is 2.31. The number of hydrogen-bond donors (Lipinski definition) is 4. The van der Waals surface area contributed by atoms with Crippen LogP contribution in [0, 0.1) is 5.92 Å². The molecule has 5 N–H and O–H groups in total. The Bertz CT molecular complexity index is 1760. The van der Waals surface area contributed by atoms with Crippen molar-refractivity contribution < 1.29 is 5.11 Å². The summed E-state index contributed by atoms with van der Waals surface area (Å²) >= 11 is 12.6. The molecule has 3 aromatic heterocycles. The van der Waals surface area contributed by atoms with E-state index in [2.05, 4.69) is 71.3 Å². The number of hydrogen-bond acceptors (Lipinski definition) is 6. The van der Waals surface area contributed by atoms with Crippen LogP contribution in [-0.2, 0) is 6.42 Å². The Hall–Kier alpha value is -3.36. The van der Waals surface area contributed by atoms with Crippen molar-refractivity contribution in [3.05, 3.63) is 76.4 Å². The predicted molar refractivity (Wildman–Crippen MR) is 183 cm³/mol. The Kier molecular flexibility index (Phi) is 9.01. The molecular weight excluding hydrogens is 591 g/mol. The first-order valence-electron chi connectivity index (χ1n) is 15.6. The number of phenolic OH excluding ortho intramolecular Hbond substituents is 1. The van der Waals surface area contributed by atoms with Crippen LogP contribution in [0.15, 0.2) is 60.8 Å². The predicted octanol–water partition coefficient (Wildman–Crippen LogP) is 8.38. The van der Waals surface area contributed by atoms with Crippen molar-refractivity contribution in [3.8, 4) is 17.0 Å². The number of rotatable bonds is 9. The van der Waals surface area contributed by atoms with E-state index in [0.717, 1.165) is 72.3 Å². The van der Waals surface area contributed by atoms with Gasteiger partial charge in [0.1, 0.15) is 11.3 Å². The molecule has 230 valence electrons. The summed E-state index contributed by atoms with van der Waals surface area (Å²) in [6, 6.07) is 18.8. The number of benzene rings is 2. The Balaban J connectivity index is 1.43. The van der Waals surface area contributed by atoms with Crippen LogP contribution in [0.3, 0.4) is 0 Å². The fraction of sp³-hybridized carbons (Fsp3) is 0.371. The van der Waals surface area contributed by atoms with Gasteiger partial charge in [-0.25, -0.2) is 4.98 Å². The van der Waals surface area contributed by atoms with Gasteiger partial charge < -0.3 is 26.0 Å². The molecule has 1 unspecified atom stereocenters. The number of aromatic amines is 1. The molecule has 0 bridgehead atoms. The molecule has 9 heteroatoms. The lowest BCUT2D eigenvalue weighted by molar-refractivity contribution is 0.323. The van der Waals surface area contributed by atoms with Gasteiger partial charge in [-0.2, -0.15) is 0 Å². The highest BCUT2D eigenvalue weighted by molar-refractivity contribution is 6.37. The van der Waals surface area contributed by atoms with E-state index in [1.165, 1.54) is 10.9 Å². The number of nitrogens with two attached hydrogens (primary N) is 1. The van der Waals surface area contributed by atoms with Crippen LogP contribution < -0.4 is 16.0 Å². The number of pyridine rings is 2. The third-order valence-electron chi connectivity index (χ3n) is 9.08. The molecule has 1 aliphatic carbocycles. The summed E-state index contributed by atoms with van der Waals surface area (Å²) in [5.41, 5.74) is 12.8. The van der Waals surface area contributed by atoms with Gasteiger partial charge in [0.2, 0.25) is 0 Å². The van der Waals surface area contributed by atoms with Crippen LogP contribution >= 0.6 is 23.2 Å². The topological polar surface area (TPSA) is 103 Å². The minimum atomic E-state index is -0.131. The highest BCUT2D eigenvalue weighted by atomic mass is 35.5. The molecule has 0 saturated heterocycles. The number of fused-ring (bicyclic) bond motifs is 2. The smallest absolute Gasteiger partial charge is 0.152 e. The van der Waals surface area contributed by atoms with Crippen molar-refractivity contribution >= 4 is 56.6 Å². The fourth-order valence-electron chi connectivity index (χ4n) is 6.41. The quantitative estimate of drug-likeness (QED) is 0.130. The Morgan fingerprint density at radius 2 is 1.77 bits per heavy atom. The number of phenols is 1. The van der Waals surface area contributed by atoms with Gasteiger partial charge >= 0.3 is 0 Å². The molecule has 7 nitrogen and oxygen atoms in total. The molecule has 2 aromatic carbocycles. The maximum absolute atomic E-state index is 10.1. The number of halogens is 2. The zero-order chi connectivity index (χ0) is 31.0. The van der Waals surface area contributed by atoms with Gasteiger partial charge in [-0.1, -0.05) is 62.2 Å². The summed E-state index contributed by atoms with van der Waals surface area (Å²) in [5, 5.41) is 15.5. The molecule has 3 heterocycles. The standard InChI is InChI=1S/C35H40Cl2N6O/c1-4-24-25-7-5-6-8-30(25)42-35(24)43(23-11-9-22(10-12-23)40-19-28(38)20(2)3)32-15-16-39-31-14-13-29(41-33(31)32)21-17-26(36)34(44)27(37)18-21/h5-8,13-18,20,22-23,28,40,42,44H,4,9-12,19,38H2,1-3H3. The minimum absolute atomic E-state index is 0.131. The second kappa shape index (κ2) is 12.9. The molecule has 0 aliphatic heterocycles. The lowest BCUT2D eigenvalue weighted by atomic mass is 9.89. The van der Waals surface area contributed by atoms with E-state index in [1.54, 1.807) is 12.1 Å². The van der Waals surface area contributed by atoms with E-state index < -0.39 is 0 Å². The van der Waals surface area contributed by atoms with Crippen molar-refractivity contribution in [2.75, 3.05) is 11.4 Å². The third kappa shape index (κ3) is 5.98. The summed E-state index contributed by atoms with van der Waals surface area (Å²) in [6.07, 6.45) is 6.96. The number of aromatic hydroxyl groups is 1. The van der Waals surface area contributed by atoms with E-state index in [0.29, 0.717) is 17.7 Å². The largest absolute Gasteiger partial charge is 0.505 e. The normalized spacial score (nSPS) is 17.9. The summed E-state index contributed by atoms with van der Waals surface area (Å²) < 4.78 is 0. The first-order valence-corrected chi connectivity index (χ1v) is 16.3. The summed E-state index contributed by atoms with van der Waals surface area (Å²) in [4.78, 5) is 16.1. The fourth-order valence-corrected chi connectivity index (χ4v) is 6.89. The second-order valence-corrected chi connectivity index (χ2v) is 13.0. The van der Waals surface area contributed by atoms with E-state index in [1.807, 2.05) is 18.3 Å². The number of para-hydroxylation sites is 1. The lowest BCUT2D eigenvalue weighted by Gasteiger charge is -2.39. The molecule has 1 atom stereocenters. The zero-order valence-corrected chi connectivity index (χ0v) is 27.0. The molecule has 1 aliphatic rings. The summed E-state index contributed by atoms with van der Waals surface area (Å²) in [6.45, 7) is 7.41. The van der Waals surface area contributed by atoms with Crippen LogP contribution in [0.2, 0.25) is 10.0 Å². The number of aromatic nitrogens is 3. The van der Waals surface area contributed by atoms with Gasteiger partial charge in [0.25, 0.3) is 0 Å². The van der Waals surface area contributed by atoms with E-state index in [9.17, 15) is 5.11 Å². The highest BCUT2D eigenvalue weighted by Crippen LogP contribution is 2.42. The van der Waals surface area contributed by atoms with Crippen LogP contribution in [0.5, 0.6) is 5.75 Å². The SMILES string of the molecule is CCc1c(N(c2ccnc3ccc(-c4cc(Cl)c(O)c(Cl)c4)nc23)C2CCC(NCC(N)C(C)C)CC2)[nH]c2ccccc12. The zero-order valence-electron chi connectivity index (χ0n) is 25.4. The van der Waals surface area contributed by atoms with Crippen LogP contribution in [0.1, 0.15) is 52.0 Å². The minimum Gasteiger partial charge on any atom is -0.505 e. The molecule has 1 saturated carbocycles. The van der Waals surface area contributed by atoms with Crippen molar-refractivity contribution in [3.63, 3.8) is 0 Å². The third-order valence-corrected chi connectivity index (χ3v) is 9.66. The number of anilines is 2. The summed E-state index contributed by atoms with van der Waals surface area (Å²) in [5.74, 6) is 1.44. The average Bonchev–Trinajstić information content (AvgIpc) is 3.40. The van der Waals surface area contributed by atoms with E-state index in [4.69, 9.17) is 33.9 Å². The van der Waals surface area contributed by atoms with Crippen LogP contribution in [0.25, 0.3) is 33.2 Å². The van der Waals surface area contributed by atoms with Crippen LogP contribution in [-0.4, -0.2) is 44.7 Å². The van der Waals surface area contributed by atoms with Crippen molar-refractivity contribution in [1.82, 2.24) is 20.3 Å². The van der Waals surface area contributed by atoms with Crippen molar-refractivity contribution in [2.24, 2.45) is 11.7 Å². The maximum Gasteiger partial charge on any atom is 0.152 e. The molecule has 0 radical (unpaired) electrons. The number of H-pyrrole nitrogens is 1. The van der Waals surface area contributed by atoms with E-state index in [-0.39, 0.29) is 27.9 Å². The number of aryl methyl sites for hydroxylation is 1. The Morgan fingerprint density at radius 3 is 2.48 bits per heavy atom. The maximum atomic E-state index is 10.1. The van der Waals surface area contributed by atoms with Gasteiger partial charge in [0, 0.05) is 52.9 Å². The van der Waals surface area contributed by atoms with Crippen LogP contribution in [0.4, 0.5) is 11.5 Å². The number of nitrogens with one attached hydrogen (secondary N) is 2. The Labute approximate surface area is 268 Å². The first kappa shape index (κ1) is 30.7. The van der Waals surface area contributed by atoms with Gasteiger partial charge in [-0.3, -0.25) is 4.98 Å². The average molecular weight is 632 g/mol. The van der Waals surface area contributed by atoms with Gasteiger partial charge in [0.15, 0.2) is 5.75 Å². The monoisotopic (exact) mass is 630 g/mol. The molecule has 0 amide bonds. The van der Waals surface area contributed by atoms with E-state index >= 15 is 0 Å². The molecule has 0 spiro atoms. The van der Waals surface area contributed by atoms with Gasteiger partial charge in [-0.05, 0) is 74.4 Å². The van der Waals surface area contributed by atoms with Gasteiger partial charge in [0.05, 0.1) is 26.9 Å². The second-order valence-electron chi connectivity index (χ2n) is 12.2. The molecule has 44 heavy (non-hydrogen) atoms. The molecule has 1 fully saturated rings. The van der Waals surface area contributed by atoms with Gasteiger partial charge in [-0.15, -0.1) is 0 Å². The first-order chi connectivity index (χ1) is 21.2. The molecular formula is C35H40Cl2N6O.